The number of rotatable bonds is 5. The minimum atomic E-state index is 0.0781. The average Bonchev–Trinajstić information content (AvgIpc) is 3.29. The molecule has 2 aromatic rings. The van der Waals surface area contributed by atoms with Gasteiger partial charge in [-0.2, -0.15) is 4.98 Å². The molecule has 0 atom stereocenters. The van der Waals surface area contributed by atoms with E-state index in [9.17, 15) is 4.79 Å². The van der Waals surface area contributed by atoms with Crippen molar-refractivity contribution >= 4 is 11.9 Å². The monoisotopic (exact) mass is 400 g/mol. The number of nitrogens with zero attached hydrogens (tertiary/aromatic N) is 4. The first-order valence-electron chi connectivity index (χ1n) is 10.2. The number of hydrogen-bond donors (Lipinski definition) is 0. The lowest BCUT2D eigenvalue weighted by atomic mass is 9.94. The van der Waals surface area contributed by atoms with Crippen molar-refractivity contribution in [3.05, 3.63) is 24.3 Å². The van der Waals surface area contributed by atoms with Gasteiger partial charge < -0.3 is 23.8 Å². The van der Waals surface area contributed by atoms with Gasteiger partial charge in [-0.25, -0.2) is 0 Å². The van der Waals surface area contributed by atoms with E-state index in [1.54, 1.807) is 14.2 Å². The van der Waals surface area contributed by atoms with Gasteiger partial charge in [-0.05, 0) is 49.9 Å². The molecule has 8 heteroatoms. The first-order valence-corrected chi connectivity index (χ1v) is 10.2. The fourth-order valence-corrected chi connectivity index (χ4v) is 4.09. The van der Waals surface area contributed by atoms with Crippen LogP contribution in [0.4, 0.5) is 6.01 Å². The summed E-state index contributed by atoms with van der Waals surface area (Å²) in [6.45, 7) is 3.09. The van der Waals surface area contributed by atoms with Crippen molar-refractivity contribution in [1.82, 2.24) is 15.0 Å². The quantitative estimate of drug-likeness (QED) is 0.763. The Balaban J connectivity index is 1.31. The molecule has 3 heterocycles. The largest absolute Gasteiger partial charge is 0.497 e. The van der Waals surface area contributed by atoms with E-state index in [1.807, 2.05) is 29.2 Å². The maximum Gasteiger partial charge on any atom is 0.324 e. The summed E-state index contributed by atoms with van der Waals surface area (Å²) in [5.41, 5.74) is 0.880. The number of benzene rings is 1. The minimum absolute atomic E-state index is 0.0781. The molecule has 0 aliphatic carbocycles. The topological polar surface area (TPSA) is 80.9 Å². The van der Waals surface area contributed by atoms with Gasteiger partial charge in [0.25, 0.3) is 0 Å². The number of methoxy groups -OCH3 is 2. The first-order chi connectivity index (χ1) is 14.2. The molecule has 0 bridgehead atoms. The Morgan fingerprint density at radius 3 is 2.34 bits per heavy atom. The third-order valence-electron chi connectivity index (χ3n) is 5.97. The van der Waals surface area contributed by atoms with Crippen LogP contribution in [0.3, 0.4) is 0 Å². The predicted octanol–water partition coefficient (Wildman–Crippen LogP) is 2.60. The fourth-order valence-electron chi connectivity index (χ4n) is 4.09. The number of amides is 1. The fraction of sp³-hybridized carbons (Fsp3) is 0.571. The molecule has 2 saturated heterocycles. The molecule has 156 valence electrons. The number of carbonyl (C=O) groups excluding carboxylic acids is 1. The summed E-state index contributed by atoms with van der Waals surface area (Å²) >= 11 is 0. The second kappa shape index (κ2) is 8.82. The zero-order chi connectivity index (χ0) is 20.2. The van der Waals surface area contributed by atoms with Crippen LogP contribution >= 0.6 is 0 Å². The van der Waals surface area contributed by atoms with E-state index in [0.717, 1.165) is 63.2 Å². The van der Waals surface area contributed by atoms with Gasteiger partial charge in [-0.15, -0.1) is 0 Å². The second-order valence-electron chi connectivity index (χ2n) is 7.65. The van der Waals surface area contributed by atoms with Crippen LogP contribution < -0.4 is 9.64 Å². The first kappa shape index (κ1) is 19.7. The molecule has 1 amide bonds. The summed E-state index contributed by atoms with van der Waals surface area (Å²) in [5, 5.41) is 4.10. The van der Waals surface area contributed by atoms with Gasteiger partial charge >= 0.3 is 6.01 Å². The van der Waals surface area contributed by atoms with E-state index in [4.69, 9.17) is 14.0 Å². The molecule has 1 aromatic heterocycles. The Morgan fingerprint density at radius 2 is 1.72 bits per heavy atom. The van der Waals surface area contributed by atoms with Gasteiger partial charge in [0.05, 0.1) is 13.2 Å². The summed E-state index contributed by atoms with van der Waals surface area (Å²) in [6.07, 6.45) is 3.76. The Hall–Kier alpha value is -2.61. The van der Waals surface area contributed by atoms with Crippen LogP contribution in [0.15, 0.2) is 28.8 Å². The van der Waals surface area contributed by atoms with Crippen molar-refractivity contribution in [2.24, 2.45) is 5.92 Å². The van der Waals surface area contributed by atoms with Crippen LogP contribution in [-0.2, 0) is 9.53 Å². The summed E-state index contributed by atoms with van der Waals surface area (Å²) < 4.78 is 16.1. The van der Waals surface area contributed by atoms with Gasteiger partial charge in [-0.1, -0.05) is 5.16 Å². The van der Waals surface area contributed by atoms with E-state index in [-0.39, 0.29) is 11.8 Å². The highest BCUT2D eigenvalue weighted by atomic mass is 16.5. The number of anilines is 1. The lowest BCUT2D eigenvalue weighted by Gasteiger charge is -2.36. The third-order valence-corrected chi connectivity index (χ3v) is 5.97. The van der Waals surface area contributed by atoms with Crippen LogP contribution in [0.2, 0.25) is 0 Å². The minimum Gasteiger partial charge on any atom is -0.497 e. The number of piperidine rings is 2. The third kappa shape index (κ3) is 4.37. The lowest BCUT2D eigenvalue weighted by Crippen LogP contribution is -2.46. The zero-order valence-corrected chi connectivity index (χ0v) is 17.0. The SMILES string of the molecule is COc1ccc(-c2noc(N3CCC(C(=O)N4CCC(OC)CC4)CC3)n2)cc1. The molecular weight excluding hydrogens is 372 g/mol. The molecule has 0 N–H and O–H groups in total. The zero-order valence-electron chi connectivity index (χ0n) is 17.0. The van der Waals surface area contributed by atoms with Crippen molar-refractivity contribution < 1.29 is 18.8 Å². The predicted molar refractivity (Wildman–Crippen MR) is 108 cm³/mol. The molecule has 1 aromatic carbocycles. The van der Waals surface area contributed by atoms with Gasteiger partial charge in [0.15, 0.2) is 0 Å². The van der Waals surface area contributed by atoms with Crippen LogP contribution in [-0.4, -0.2) is 67.5 Å². The van der Waals surface area contributed by atoms with Crippen LogP contribution in [0, 0.1) is 5.92 Å². The van der Waals surface area contributed by atoms with Gasteiger partial charge in [-0.3, -0.25) is 4.79 Å². The van der Waals surface area contributed by atoms with Crippen molar-refractivity contribution in [1.29, 1.82) is 0 Å². The smallest absolute Gasteiger partial charge is 0.324 e. The Bertz CT molecular complexity index is 806. The van der Waals surface area contributed by atoms with E-state index >= 15 is 0 Å². The number of carbonyl (C=O) groups is 1. The second-order valence-corrected chi connectivity index (χ2v) is 7.65. The van der Waals surface area contributed by atoms with Crippen molar-refractivity contribution in [3.63, 3.8) is 0 Å². The molecular formula is C21H28N4O4. The standard InChI is InChI=1S/C21H28N4O4/c1-27-17-5-3-15(4-6-17)19-22-21(29-23-19)25-11-7-16(8-12-25)20(26)24-13-9-18(28-2)10-14-24/h3-6,16,18H,7-14H2,1-2H3. The molecule has 0 saturated carbocycles. The van der Waals surface area contributed by atoms with E-state index in [0.29, 0.717) is 17.9 Å². The molecule has 2 aliphatic rings. The summed E-state index contributed by atoms with van der Waals surface area (Å²) in [5.74, 6) is 1.70. The number of aromatic nitrogens is 2. The van der Waals surface area contributed by atoms with Gasteiger partial charge in [0.2, 0.25) is 11.7 Å². The summed E-state index contributed by atoms with van der Waals surface area (Å²) in [7, 11) is 3.38. The van der Waals surface area contributed by atoms with Gasteiger partial charge in [0, 0.05) is 44.8 Å². The highest BCUT2D eigenvalue weighted by Gasteiger charge is 2.32. The molecule has 2 fully saturated rings. The number of hydrogen-bond acceptors (Lipinski definition) is 7. The average molecular weight is 400 g/mol. The van der Waals surface area contributed by atoms with E-state index < -0.39 is 0 Å². The Labute approximate surface area is 170 Å². The molecule has 2 aliphatic heterocycles. The molecule has 8 nitrogen and oxygen atoms in total. The number of likely N-dealkylation sites (tertiary alicyclic amines) is 1. The molecule has 29 heavy (non-hydrogen) atoms. The normalized spacial score (nSPS) is 18.8. The van der Waals surface area contributed by atoms with E-state index in [1.165, 1.54) is 0 Å². The lowest BCUT2D eigenvalue weighted by molar-refractivity contribution is -0.138. The van der Waals surface area contributed by atoms with Crippen molar-refractivity contribution in [2.75, 3.05) is 45.3 Å². The number of ether oxygens (including phenoxy) is 2. The molecule has 0 radical (unpaired) electrons. The van der Waals surface area contributed by atoms with Crippen LogP contribution in [0.1, 0.15) is 25.7 Å². The van der Waals surface area contributed by atoms with Crippen LogP contribution in [0.25, 0.3) is 11.4 Å². The maximum atomic E-state index is 12.8. The Kier molecular flexibility index (Phi) is 5.99. The van der Waals surface area contributed by atoms with Gasteiger partial charge in [0.1, 0.15) is 5.75 Å². The molecule has 0 spiro atoms. The highest BCUT2D eigenvalue weighted by Crippen LogP contribution is 2.27. The summed E-state index contributed by atoms with van der Waals surface area (Å²) in [4.78, 5) is 21.4. The molecule has 0 unspecified atom stereocenters. The highest BCUT2D eigenvalue weighted by molar-refractivity contribution is 5.79. The van der Waals surface area contributed by atoms with Crippen molar-refractivity contribution in [2.45, 2.75) is 31.8 Å². The van der Waals surface area contributed by atoms with E-state index in [2.05, 4.69) is 15.0 Å². The maximum absolute atomic E-state index is 12.8. The molecule has 4 rings (SSSR count). The van der Waals surface area contributed by atoms with Crippen molar-refractivity contribution in [3.8, 4) is 17.1 Å². The van der Waals surface area contributed by atoms with Crippen LogP contribution in [0.5, 0.6) is 5.75 Å². The Morgan fingerprint density at radius 1 is 1.03 bits per heavy atom. The summed E-state index contributed by atoms with van der Waals surface area (Å²) in [6, 6.07) is 8.08.